The van der Waals surface area contributed by atoms with Crippen molar-refractivity contribution in [3.05, 3.63) is 36.3 Å². The fourth-order valence-electron chi connectivity index (χ4n) is 5.24. The van der Waals surface area contributed by atoms with Crippen molar-refractivity contribution < 1.29 is 18.0 Å². The molecule has 1 N–H and O–H groups in total. The summed E-state index contributed by atoms with van der Waals surface area (Å²) in [7, 11) is 0. The van der Waals surface area contributed by atoms with Crippen molar-refractivity contribution in [3.63, 3.8) is 0 Å². The molecule has 2 bridgehead atoms. The van der Waals surface area contributed by atoms with Crippen LogP contribution < -0.4 is 15.1 Å². The number of anilines is 3. The van der Waals surface area contributed by atoms with Crippen molar-refractivity contribution in [2.24, 2.45) is 5.92 Å². The number of hydrogen-bond donors (Lipinski definition) is 1. The number of aromatic nitrogens is 3. The van der Waals surface area contributed by atoms with Crippen LogP contribution in [0.15, 0.2) is 30.7 Å². The summed E-state index contributed by atoms with van der Waals surface area (Å²) in [5.41, 5.74) is 0.993. The number of hydrogen-bond acceptors (Lipinski definition) is 5. The average molecular weight is 446 g/mol. The van der Waals surface area contributed by atoms with Gasteiger partial charge in [0.05, 0.1) is 5.92 Å². The van der Waals surface area contributed by atoms with Crippen LogP contribution in [0.2, 0.25) is 0 Å². The van der Waals surface area contributed by atoms with Crippen molar-refractivity contribution in [1.29, 1.82) is 0 Å². The van der Waals surface area contributed by atoms with Gasteiger partial charge in [-0.15, -0.1) is 0 Å². The van der Waals surface area contributed by atoms with Crippen molar-refractivity contribution in [3.8, 4) is 0 Å². The molecule has 2 aromatic heterocycles. The van der Waals surface area contributed by atoms with Crippen LogP contribution >= 0.6 is 0 Å². The normalized spacial score (nSPS) is 25.3. The summed E-state index contributed by atoms with van der Waals surface area (Å²) in [5, 5.41) is 2.82. The van der Waals surface area contributed by atoms with Gasteiger partial charge in [0.1, 0.15) is 23.8 Å². The monoisotopic (exact) mass is 446 g/mol. The van der Waals surface area contributed by atoms with E-state index in [-0.39, 0.29) is 25.0 Å². The van der Waals surface area contributed by atoms with Crippen molar-refractivity contribution in [2.45, 2.75) is 56.7 Å². The van der Waals surface area contributed by atoms with Crippen LogP contribution in [0.1, 0.15) is 50.0 Å². The number of rotatable bonds is 2. The van der Waals surface area contributed by atoms with Gasteiger partial charge in [0, 0.05) is 25.3 Å². The second-order valence-electron chi connectivity index (χ2n) is 8.82. The quantitative estimate of drug-likeness (QED) is 0.722. The number of nitrogens with zero attached hydrogens (tertiary/aromatic N) is 5. The van der Waals surface area contributed by atoms with Crippen LogP contribution in [0.4, 0.5) is 35.4 Å². The van der Waals surface area contributed by atoms with E-state index in [9.17, 15) is 18.0 Å². The van der Waals surface area contributed by atoms with E-state index >= 15 is 0 Å². The first kappa shape index (κ1) is 21.0. The van der Waals surface area contributed by atoms with E-state index in [1.165, 1.54) is 6.33 Å². The van der Waals surface area contributed by atoms with Crippen LogP contribution in [-0.4, -0.2) is 46.3 Å². The zero-order valence-electron chi connectivity index (χ0n) is 17.6. The molecule has 170 valence electrons. The van der Waals surface area contributed by atoms with Gasteiger partial charge in [-0.3, -0.25) is 10.2 Å². The van der Waals surface area contributed by atoms with Gasteiger partial charge in [-0.05, 0) is 55.7 Å². The van der Waals surface area contributed by atoms with Gasteiger partial charge in [0.2, 0.25) is 0 Å². The van der Waals surface area contributed by atoms with E-state index in [1.807, 2.05) is 12.1 Å². The molecule has 2 amide bonds. The number of urea groups is 1. The number of halogens is 3. The molecule has 3 aliphatic rings. The third-order valence-corrected chi connectivity index (χ3v) is 6.81. The molecule has 10 heteroatoms. The maximum atomic E-state index is 13.3. The number of carbonyl (C=O) groups is 1. The molecule has 2 unspecified atom stereocenters. The summed E-state index contributed by atoms with van der Waals surface area (Å²) in [6, 6.07) is 5.06. The highest BCUT2D eigenvalue weighted by molar-refractivity contribution is 6.02. The van der Waals surface area contributed by atoms with Gasteiger partial charge in [-0.25, -0.2) is 19.7 Å². The lowest BCUT2D eigenvalue weighted by Gasteiger charge is -2.43. The topological polar surface area (TPSA) is 74.2 Å². The Kier molecular flexibility index (Phi) is 5.38. The van der Waals surface area contributed by atoms with Crippen molar-refractivity contribution in [2.75, 3.05) is 28.2 Å². The van der Waals surface area contributed by atoms with Gasteiger partial charge in [-0.1, -0.05) is 12.5 Å². The Morgan fingerprint density at radius 2 is 2.00 bits per heavy atom. The standard InChI is InChI=1S/C22H25F3N6O/c23-22(24,25)15-4-2-10-30(12-15)19-7-6-17-14-3-1-5-16(11-14)31(20(17)29-19)21(32)28-18-8-9-26-13-27-18/h6-9,13-16H,1-5,10-12H2,(H,26,27,28,32)/t14?,15?,16-/m0/s1. The fraction of sp³-hybridized carbons (Fsp3) is 0.545. The highest BCUT2D eigenvalue weighted by Gasteiger charge is 2.43. The Balaban J connectivity index is 1.47. The lowest BCUT2D eigenvalue weighted by atomic mass is 9.77. The molecule has 3 atom stereocenters. The molecule has 4 heterocycles. The lowest BCUT2D eigenvalue weighted by Crippen LogP contribution is -2.49. The van der Waals surface area contributed by atoms with E-state index in [0.717, 1.165) is 31.2 Å². The largest absolute Gasteiger partial charge is 0.393 e. The molecule has 2 fully saturated rings. The SMILES string of the molecule is O=C(Nc1ccncn1)N1c2nc(N3CCCC(C(F)(F)F)C3)ccc2C2CCC[C@H]1C2. The first-order valence-electron chi connectivity index (χ1n) is 11.1. The Labute approximate surface area is 184 Å². The molecule has 1 aliphatic carbocycles. The molecule has 1 saturated heterocycles. The van der Waals surface area contributed by atoms with E-state index < -0.39 is 12.1 Å². The molecular weight excluding hydrogens is 421 g/mol. The molecule has 0 aromatic carbocycles. The highest BCUT2D eigenvalue weighted by atomic mass is 19.4. The molecule has 2 aliphatic heterocycles. The Hall–Kier alpha value is -2.91. The Morgan fingerprint density at radius 3 is 2.78 bits per heavy atom. The van der Waals surface area contributed by atoms with Crippen LogP contribution in [0.25, 0.3) is 0 Å². The molecule has 1 saturated carbocycles. The molecule has 0 radical (unpaired) electrons. The summed E-state index contributed by atoms with van der Waals surface area (Å²) in [6.07, 6.45) is 3.10. The maximum Gasteiger partial charge on any atom is 0.393 e. The minimum Gasteiger partial charge on any atom is -0.356 e. The van der Waals surface area contributed by atoms with Crippen LogP contribution in [0.5, 0.6) is 0 Å². The van der Waals surface area contributed by atoms with E-state index in [1.54, 1.807) is 22.1 Å². The van der Waals surface area contributed by atoms with E-state index in [0.29, 0.717) is 36.3 Å². The zero-order chi connectivity index (χ0) is 22.3. The maximum absolute atomic E-state index is 13.3. The molecule has 0 spiro atoms. The minimum atomic E-state index is -4.21. The third kappa shape index (κ3) is 3.98. The molecule has 5 rings (SSSR count). The molecular formula is C22H25F3N6O. The van der Waals surface area contributed by atoms with E-state index in [4.69, 9.17) is 4.98 Å². The van der Waals surface area contributed by atoms with Gasteiger partial charge >= 0.3 is 12.2 Å². The number of amides is 2. The third-order valence-electron chi connectivity index (χ3n) is 6.81. The van der Waals surface area contributed by atoms with Crippen molar-refractivity contribution >= 4 is 23.5 Å². The van der Waals surface area contributed by atoms with Crippen LogP contribution in [-0.2, 0) is 0 Å². The number of piperidine rings is 1. The lowest BCUT2D eigenvalue weighted by molar-refractivity contribution is -0.176. The summed E-state index contributed by atoms with van der Waals surface area (Å²) >= 11 is 0. The fourth-order valence-corrected chi connectivity index (χ4v) is 5.24. The minimum absolute atomic E-state index is 0.00937. The predicted octanol–water partition coefficient (Wildman–Crippen LogP) is 4.73. The van der Waals surface area contributed by atoms with Gasteiger partial charge < -0.3 is 4.90 Å². The molecule has 7 nitrogen and oxygen atoms in total. The summed E-state index contributed by atoms with van der Waals surface area (Å²) in [4.78, 5) is 29.3. The number of carbonyl (C=O) groups excluding carboxylic acids is 1. The molecule has 2 aromatic rings. The average Bonchev–Trinajstić information content (AvgIpc) is 2.79. The first-order chi connectivity index (χ1) is 15.4. The van der Waals surface area contributed by atoms with E-state index in [2.05, 4.69) is 15.3 Å². The van der Waals surface area contributed by atoms with Crippen LogP contribution in [0.3, 0.4) is 0 Å². The zero-order valence-corrected chi connectivity index (χ0v) is 17.6. The Morgan fingerprint density at radius 1 is 1.12 bits per heavy atom. The van der Waals surface area contributed by atoms with Gasteiger partial charge in [0.25, 0.3) is 0 Å². The number of alkyl halides is 3. The van der Waals surface area contributed by atoms with Crippen LogP contribution in [0, 0.1) is 5.92 Å². The first-order valence-corrected chi connectivity index (χ1v) is 11.1. The number of pyridine rings is 1. The number of nitrogens with one attached hydrogen (secondary N) is 1. The highest BCUT2D eigenvalue weighted by Crippen LogP contribution is 2.46. The van der Waals surface area contributed by atoms with Gasteiger partial charge in [-0.2, -0.15) is 13.2 Å². The van der Waals surface area contributed by atoms with Crippen molar-refractivity contribution in [1.82, 2.24) is 15.0 Å². The molecule has 32 heavy (non-hydrogen) atoms. The van der Waals surface area contributed by atoms with Gasteiger partial charge in [0.15, 0.2) is 0 Å². The summed E-state index contributed by atoms with van der Waals surface area (Å²) < 4.78 is 39.9. The smallest absolute Gasteiger partial charge is 0.356 e. The second kappa shape index (κ2) is 8.22. The Bertz CT molecular complexity index is 985. The predicted molar refractivity (Wildman–Crippen MR) is 114 cm³/mol. The number of fused-ring (bicyclic) bond motifs is 4. The summed E-state index contributed by atoms with van der Waals surface area (Å²) in [5.74, 6) is 0.412. The summed E-state index contributed by atoms with van der Waals surface area (Å²) in [6.45, 7) is 0.424. The second-order valence-corrected chi connectivity index (χ2v) is 8.82.